The maximum Gasteiger partial charge on any atom is 0.327 e. The van der Waals surface area contributed by atoms with Crippen LogP contribution in [0.3, 0.4) is 0 Å². The summed E-state index contributed by atoms with van der Waals surface area (Å²) < 4.78 is 5.17. The smallest absolute Gasteiger partial charge is 0.327 e. The molecule has 0 saturated carbocycles. The lowest BCUT2D eigenvalue weighted by molar-refractivity contribution is -0.131. The van der Waals surface area contributed by atoms with Gasteiger partial charge in [0.25, 0.3) is 0 Å². The minimum Gasteiger partial charge on any atom is -0.478 e. The predicted octanol–water partition coefficient (Wildman–Crippen LogP) is 1.05. The normalized spacial score (nSPS) is 25.6. The van der Waals surface area contributed by atoms with Crippen molar-refractivity contribution in [2.24, 2.45) is 5.92 Å². The van der Waals surface area contributed by atoms with E-state index in [0.29, 0.717) is 12.5 Å². The molecule has 1 atom stereocenters. The maximum absolute atomic E-state index is 10.1. The Morgan fingerprint density at radius 2 is 2.45 bits per heavy atom. The topological polar surface area (TPSA) is 46.5 Å². The SMILES string of the molecule is O=C(O)/C=C/C1CCCOC1. The molecule has 1 aliphatic heterocycles. The summed E-state index contributed by atoms with van der Waals surface area (Å²) in [6.07, 6.45) is 4.99. The second-order valence-corrected chi connectivity index (χ2v) is 2.67. The third-order valence-corrected chi connectivity index (χ3v) is 1.71. The van der Waals surface area contributed by atoms with E-state index in [9.17, 15) is 4.79 Å². The summed E-state index contributed by atoms with van der Waals surface area (Å²) in [6, 6.07) is 0. The highest BCUT2D eigenvalue weighted by molar-refractivity contribution is 5.79. The van der Waals surface area contributed by atoms with Crippen LogP contribution in [0.2, 0.25) is 0 Å². The van der Waals surface area contributed by atoms with Crippen LogP contribution in [0.4, 0.5) is 0 Å². The fourth-order valence-corrected chi connectivity index (χ4v) is 1.14. The molecule has 0 radical (unpaired) electrons. The standard InChI is InChI=1S/C8H12O3/c9-8(10)4-3-7-2-1-5-11-6-7/h3-4,7H,1-2,5-6H2,(H,9,10)/b4-3+. The molecule has 1 rings (SSSR count). The molecule has 0 amide bonds. The van der Waals surface area contributed by atoms with Crippen molar-refractivity contribution in [1.29, 1.82) is 0 Å². The van der Waals surface area contributed by atoms with Crippen LogP contribution in [0.5, 0.6) is 0 Å². The van der Waals surface area contributed by atoms with E-state index in [0.717, 1.165) is 19.4 Å². The molecule has 0 aliphatic carbocycles. The van der Waals surface area contributed by atoms with Crippen LogP contribution in [-0.4, -0.2) is 24.3 Å². The summed E-state index contributed by atoms with van der Waals surface area (Å²) in [5.74, 6) is -0.574. The Kier molecular flexibility index (Phi) is 3.11. The third kappa shape index (κ3) is 3.18. The number of hydrogen-bond donors (Lipinski definition) is 1. The molecule has 62 valence electrons. The molecule has 3 heteroatoms. The molecule has 1 fully saturated rings. The van der Waals surface area contributed by atoms with Gasteiger partial charge in [-0.3, -0.25) is 0 Å². The zero-order valence-electron chi connectivity index (χ0n) is 6.32. The van der Waals surface area contributed by atoms with E-state index >= 15 is 0 Å². The fraction of sp³-hybridized carbons (Fsp3) is 0.625. The summed E-state index contributed by atoms with van der Waals surface area (Å²) in [6.45, 7) is 1.49. The van der Waals surface area contributed by atoms with Crippen LogP contribution < -0.4 is 0 Å². The minimum absolute atomic E-state index is 0.305. The van der Waals surface area contributed by atoms with Gasteiger partial charge >= 0.3 is 5.97 Å². The Morgan fingerprint density at radius 1 is 1.64 bits per heavy atom. The summed E-state index contributed by atoms with van der Waals surface area (Å²) in [7, 11) is 0. The lowest BCUT2D eigenvalue weighted by atomic mass is 10.0. The molecule has 0 aromatic rings. The largest absolute Gasteiger partial charge is 0.478 e. The van der Waals surface area contributed by atoms with Gasteiger partial charge in [-0.25, -0.2) is 4.79 Å². The van der Waals surface area contributed by atoms with E-state index in [1.807, 2.05) is 0 Å². The molecular formula is C8H12O3. The van der Waals surface area contributed by atoms with Crippen LogP contribution in [-0.2, 0) is 9.53 Å². The Hall–Kier alpha value is -0.830. The average Bonchev–Trinajstić information content (AvgIpc) is 2.03. The van der Waals surface area contributed by atoms with Crippen molar-refractivity contribution in [3.05, 3.63) is 12.2 Å². The van der Waals surface area contributed by atoms with Crippen molar-refractivity contribution in [2.45, 2.75) is 12.8 Å². The molecule has 1 heterocycles. The van der Waals surface area contributed by atoms with Crippen molar-refractivity contribution >= 4 is 5.97 Å². The van der Waals surface area contributed by atoms with Gasteiger partial charge < -0.3 is 9.84 Å². The average molecular weight is 156 g/mol. The van der Waals surface area contributed by atoms with Crippen molar-refractivity contribution < 1.29 is 14.6 Å². The van der Waals surface area contributed by atoms with Crippen molar-refractivity contribution in [3.63, 3.8) is 0 Å². The summed E-state index contributed by atoms with van der Waals surface area (Å²) in [4.78, 5) is 10.1. The van der Waals surface area contributed by atoms with Crippen molar-refractivity contribution in [2.75, 3.05) is 13.2 Å². The summed E-state index contributed by atoms with van der Waals surface area (Å²) in [5, 5.41) is 8.32. The number of carboxylic acid groups (broad SMARTS) is 1. The fourth-order valence-electron chi connectivity index (χ4n) is 1.14. The van der Waals surface area contributed by atoms with Gasteiger partial charge in [-0.1, -0.05) is 6.08 Å². The lowest BCUT2D eigenvalue weighted by Gasteiger charge is -2.18. The Bertz CT molecular complexity index is 157. The van der Waals surface area contributed by atoms with E-state index in [1.165, 1.54) is 6.08 Å². The first kappa shape index (κ1) is 8.27. The molecule has 1 saturated heterocycles. The quantitative estimate of drug-likeness (QED) is 0.608. The number of rotatable bonds is 2. The van der Waals surface area contributed by atoms with Crippen LogP contribution in [0.15, 0.2) is 12.2 Å². The Balaban J connectivity index is 2.29. The highest BCUT2D eigenvalue weighted by atomic mass is 16.5. The summed E-state index contributed by atoms with van der Waals surface area (Å²) >= 11 is 0. The highest BCUT2D eigenvalue weighted by Gasteiger charge is 2.10. The first-order valence-electron chi connectivity index (χ1n) is 3.78. The first-order valence-corrected chi connectivity index (χ1v) is 3.78. The molecule has 1 aliphatic rings. The zero-order valence-corrected chi connectivity index (χ0v) is 6.32. The molecule has 1 N–H and O–H groups in total. The van der Waals surface area contributed by atoms with E-state index in [-0.39, 0.29) is 0 Å². The van der Waals surface area contributed by atoms with Gasteiger partial charge in [0.15, 0.2) is 0 Å². The number of carbonyl (C=O) groups is 1. The molecule has 11 heavy (non-hydrogen) atoms. The van der Waals surface area contributed by atoms with Crippen LogP contribution in [0.1, 0.15) is 12.8 Å². The van der Waals surface area contributed by atoms with Gasteiger partial charge in [0, 0.05) is 18.6 Å². The van der Waals surface area contributed by atoms with Gasteiger partial charge in [0.05, 0.1) is 6.61 Å². The summed E-state index contributed by atoms with van der Waals surface area (Å²) in [5.41, 5.74) is 0. The van der Waals surface area contributed by atoms with Crippen LogP contribution in [0, 0.1) is 5.92 Å². The van der Waals surface area contributed by atoms with Crippen LogP contribution >= 0.6 is 0 Å². The molecule has 0 aromatic carbocycles. The van der Waals surface area contributed by atoms with E-state index in [1.54, 1.807) is 6.08 Å². The van der Waals surface area contributed by atoms with Gasteiger partial charge in [-0.15, -0.1) is 0 Å². The van der Waals surface area contributed by atoms with Gasteiger partial charge in [0.1, 0.15) is 0 Å². The Labute approximate surface area is 65.7 Å². The van der Waals surface area contributed by atoms with E-state index in [4.69, 9.17) is 9.84 Å². The number of aliphatic carboxylic acids is 1. The van der Waals surface area contributed by atoms with E-state index in [2.05, 4.69) is 0 Å². The number of ether oxygens (including phenoxy) is 1. The van der Waals surface area contributed by atoms with Gasteiger partial charge in [0.2, 0.25) is 0 Å². The molecular weight excluding hydrogens is 144 g/mol. The Morgan fingerprint density at radius 3 is 3.00 bits per heavy atom. The zero-order chi connectivity index (χ0) is 8.10. The number of hydrogen-bond acceptors (Lipinski definition) is 2. The lowest BCUT2D eigenvalue weighted by Crippen LogP contribution is -2.15. The molecule has 1 unspecified atom stereocenters. The van der Waals surface area contributed by atoms with Crippen molar-refractivity contribution in [1.82, 2.24) is 0 Å². The molecule has 0 spiro atoms. The monoisotopic (exact) mass is 156 g/mol. The number of carboxylic acids is 1. The maximum atomic E-state index is 10.1. The second-order valence-electron chi connectivity index (χ2n) is 2.67. The van der Waals surface area contributed by atoms with E-state index < -0.39 is 5.97 Å². The highest BCUT2D eigenvalue weighted by Crippen LogP contribution is 2.14. The van der Waals surface area contributed by atoms with Gasteiger partial charge in [-0.2, -0.15) is 0 Å². The minimum atomic E-state index is -0.879. The molecule has 0 aromatic heterocycles. The van der Waals surface area contributed by atoms with Crippen LogP contribution in [0.25, 0.3) is 0 Å². The predicted molar refractivity (Wildman–Crippen MR) is 40.3 cm³/mol. The van der Waals surface area contributed by atoms with Gasteiger partial charge in [-0.05, 0) is 12.8 Å². The van der Waals surface area contributed by atoms with Crippen molar-refractivity contribution in [3.8, 4) is 0 Å². The third-order valence-electron chi connectivity index (χ3n) is 1.71. The second kappa shape index (κ2) is 4.13. The molecule has 3 nitrogen and oxygen atoms in total. The first-order chi connectivity index (χ1) is 5.29. The molecule has 0 bridgehead atoms.